The zero-order chi connectivity index (χ0) is 29.9. The Hall–Kier alpha value is -5.77. The lowest BCUT2D eigenvalue weighted by molar-refractivity contribution is -0.117. The molecule has 0 fully saturated rings. The second kappa shape index (κ2) is 14.0. The summed E-state index contributed by atoms with van der Waals surface area (Å²) in [5.74, 6) is -1.33. The lowest BCUT2D eigenvalue weighted by Crippen LogP contribution is -2.32. The van der Waals surface area contributed by atoms with Gasteiger partial charge in [-0.25, -0.2) is 14.6 Å². The summed E-state index contributed by atoms with van der Waals surface area (Å²) in [7, 11) is 3.00. The van der Waals surface area contributed by atoms with Gasteiger partial charge in [-0.15, -0.1) is 0 Å². The lowest BCUT2D eigenvalue weighted by Gasteiger charge is -2.11. The molecule has 10 heteroatoms. The van der Waals surface area contributed by atoms with Crippen molar-refractivity contribution in [1.29, 1.82) is 0 Å². The van der Waals surface area contributed by atoms with Gasteiger partial charge in [-0.05, 0) is 71.8 Å². The van der Waals surface area contributed by atoms with Crippen LogP contribution in [0.15, 0.2) is 108 Å². The molecular weight excluding hydrogens is 541 g/mol. The normalized spacial score (nSPS) is 11.1. The molecule has 4 aromatic rings. The van der Waals surface area contributed by atoms with Crippen LogP contribution >= 0.6 is 0 Å². The molecule has 0 aliphatic heterocycles. The molecule has 0 heterocycles. The third kappa shape index (κ3) is 7.89. The number of nitrogens with zero attached hydrogens (tertiary/aromatic N) is 1. The number of halogens is 1. The molecule has 0 bridgehead atoms. The minimum Gasteiger partial charge on any atom is -0.493 e. The van der Waals surface area contributed by atoms with Crippen LogP contribution in [0, 0.1) is 5.82 Å². The number of hydrogen-bond acceptors (Lipinski definition) is 7. The van der Waals surface area contributed by atoms with Crippen molar-refractivity contribution in [1.82, 2.24) is 10.7 Å². The Morgan fingerprint density at radius 1 is 0.762 bits per heavy atom. The minimum atomic E-state index is -0.726. The summed E-state index contributed by atoms with van der Waals surface area (Å²) in [5.41, 5.74) is 3.79. The van der Waals surface area contributed by atoms with Gasteiger partial charge in [0.2, 0.25) is 0 Å². The molecular formula is C32H26FN3O6. The molecule has 9 nitrogen and oxygen atoms in total. The van der Waals surface area contributed by atoms with E-state index in [0.29, 0.717) is 28.2 Å². The molecule has 0 saturated heterocycles. The number of benzene rings is 4. The number of esters is 1. The van der Waals surface area contributed by atoms with Crippen LogP contribution in [0.4, 0.5) is 4.39 Å². The molecule has 4 aromatic carbocycles. The fraction of sp³-hybridized carbons (Fsp3) is 0.0625. The van der Waals surface area contributed by atoms with Gasteiger partial charge >= 0.3 is 5.97 Å². The van der Waals surface area contributed by atoms with Crippen molar-refractivity contribution in [3.63, 3.8) is 0 Å². The zero-order valence-electron chi connectivity index (χ0n) is 22.7. The Morgan fingerprint density at radius 2 is 1.50 bits per heavy atom. The van der Waals surface area contributed by atoms with Crippen molar-refractivity contribution in [2.45, 2.75) is 0 Å². The SMILES string of the molecule is COc1ccc(/C=C(/NC(=O)c2ccccc2)C(=O)N/N=C\c2cccc(OC(=O)c3cccc(F)c3)c2)cc1OC. The van der Waals surface area contributed by atoms with Crippen LogP contribution in [-0.2, 0) is 4.79 Å². The smallest absolute Gasteiger partial charge is 0.343 e. The topological polar surface area (TPSA) is 115 Å². The van der Waals surface area contributed by atoms with Crippen LogP contribution in [0.3, 0.4) is 0 Å². The monoisotopic (exact) mass is 567 g/mol. The van der Waals surface area contributed by atoms with Crippen molar-refractivity contribution >= 4 is 30.1 Å². The Bertz CT molecular complexity index is 1650. The highest BCUT2D eigenvalue weighted by Gasteiger charge is 2.15. The number of ether oxygens (including phenoxy) is 3. The van der Waals surface area contributed by atoms with E-state index in [1.807, 2.05) is 0 Å². The molecule has 0 aliphatic carbocycles. The Morgan fingerprint density at radius 3 is 2.24 bits per heavy atom. The third-order valence-electron chi connectivity index (χ3n) is 5.76. The molecule has 212 valence electrons. The predicted octanol–water partition coefficient (Wildman–Crippen LogP) is 4.98. The van der Waals surface area contributed by atoms with Gasteiger partial charge in [-0.3, -0.25) is 9.59 Å². The Balaban J connectivity index is 1.50. The number of hydrogen-bond donors (Lipinski definition) is 2. The minimum absolute atomic E-state index is 0.0627. The molecule has 0 spiro atoms. The van der Waals surface area contributed by atoms with Gasteiger partial charge in [-0.2, -0.15) is 5.10 Å². The standard InChI is InChI=1S/C32H26FN3O6/c1-40-28-15-14-21(18-29(28)41-2)17-27(35-30(37)23-9-4-3-5-10-23)31(38)36-34-20-22-8-6-13-26(16-22)42-32(39)24-11-7-12-25(33)19-24/h3-20H,1-2H3,(H,35,37)(H,36,38)/b27-17+,34-20-. The molecule has 4 rings (SSSR count). The van der Waals surface area contributed by atoms with Crippen LogP contribution in [0.25, 0.3) is 6.08 Å². The average Bonchev–Trinajstić information content (AvgIpc) is 3.01. The summed E-state index contributed by atoms with van der Waals surface area (Å²) in [5, 5.41) is 6.61. The Labute approximate surface area is 241 Å². The van der Waals surface area contributed by atoms with Gasteiger partial charge in [0, 0.05) is 5.56 Å². The van der Waals surface area contributed by atoms with Crippen molar-refractivity contribution in [2.24, 2.45) is 5.10 Å². The number of rotatable bonds is 10. The molecule has 0 saturated carbocycles. The first-order valence-electron chi connectivity index (χ1n) is 12.6. The van der Waals surface area contributed by atoms with Crippen LogP contribution in [0.5, 0.6) is 17.2 Å². The lowest BCUT2D eigenvalue weighted by atomic mass is 10.1. The summed E-state index contributed by atoms with van der Waals surface area (Å²) in [6.07, 6.45) is 2.81. The predicted molar refractivity (Wildman–Crippen MR) is 155 cm³/mol. The second-order valence-electron chi connectivity index (χ2n) is 8.66. The van der Waals surface area contributed by atoms with E-state index in [-0.39, 0.29) is 17.0 Å². The van der Waals surface area contributed by atoms with Crippen molar-refractivity contribution in [2.75, 3.05) is 14.2 Å². The zero-order valence-corrected chi connectivity index (χ0v) is 22.7. The molecule has 0 unspecified atom stereocenters. The van der Waals surface area contributed by atoms with Crippen LogP contribution in [0.2, 0.25) is 0 Å². The van der Waals surface area contributed by atoms with E-state index < -0.39 is 23.6 Å². The van der Waals surface area contributed by atoms with Crippen LogP contribution < -0.4 is 25.0 Å². The number of carbonyl (C=O) groups excluding carboxylic acids is 3. The van der Waals surface area contributed by atoms with Gasteiger partial charge < -0.3 is 19.5 Å². The van der Waals surface area contributed by atoms with E-state index in [0.717, 1.165) is 6.07 Å². The maximum absolute atomic E-state index is 13.4. The summed E-state index contributed by atoms with van der Waals surface area (Å²) >= 11 is 0. The first-order valence-corrected chi connectivity index (χ1v) is 12.6. The molecule has 0 atom stereocenters. The summed E-state index contributed by atoms with van der Waals surface area (Å²) in [6, 6.07) is 25.0. The number of nitrogens with one attached hydrogen (secondary N) is 2. The highest BCUT2D eigenvalue weighted by molar-refractivity contribution is 6.05. The highest BCUT2D eigenvalue weighted by atomic mass is 19.1. The van der Waals surface area contributed by atoms with Crippen molar-refractivity contribution in [3.8, 4) is 17.2 Å². The van der Waals surface area contributed by atoms with E-state index in [2.05, 4.69) is 15.8 Å². The molecule has 0 aromatic heterocycles. The largest absolute Gasteiger partial charge is 0.493 e. The summed E-state index contributed by atoms with van der Waals surface area (Å²) in [4.78, 5) is 38.3. The van der Waals surface area contributed by atoms with E-state index in [1.165, 1.54) is 50.8 Å². The van der Waals surface area contributed by atoms with Gasteiger partial charge in [0.25, 0.3) is 11.8 Å². The van der Waals surface area contributed by atoms with E-state index in [1.54, 1.807) is 66.7 Å². The molecule has 2 N–H and O–H groups in total. The highest BCUT2D eigenvalue weighted by Crippen LogP contribution is 2.28. The number of hydrazone groups is 1. The second-order valence-corrected chi connectivity index (χ2v) is 8.66. The van der Waals surface area contributed by atoms with Crippen LogP contribution in [0.1, 0.15) is 31.8 Å². The molecule has 2 amide bonds. The molecule has 0 radical (unpaired) electrons. The first kappa shape index (κ1) is 29.2. The van der Waals surface area contributed by atoms with Crippen molar-refractivity contribution in [3.05, 3.63) is 131 Å². The maximum atomic E-state index is 13.4. The van der Waals surface area contributed by atoms with E-state index >= 15 is 0 Å². The average molecular weight is 568 g/mol. The number of carbonyl (C=O) groups is 3. The van der Waals surface area contributed by atoms with Gasteiger partial charge in [0.1, 0.15) is 17.3 Å². The fourth-order valence-electron chi connectivity index (χ4n) is 3.72. The van der Waals surface area contributed by atoms with Gasteiger partial charge in [-0.1, -0.05) is 42.5 Å². The quantitative estimate of drug-likeness (QED) is 0.0918. The molecule has 0 aliphatic rings. The van der Waals surface area contributed by atoms with Crippen molar-refractivity contribution < 1.29 is 33.0 Å². The fourth-order valence-corrected chi connectivity index (χ4v) is 3.72. The van der Waals surface area contributed by atoms with Gasteiger partial charge in [0.05, 0.1) is 26.0 Å². The number of methoxy groups -OCH3 is 2. The van der Waals surface area contributed by atoms with Crippen LogP contribution in [-0.4, -0.2) is 38.2 Å². The first-order chi connectivity index (χ1) is 20.4. The number of amides is 2. The summed E-state index contributed by atoms with van der Waals surface area (Å²) in [6.45, 7) is 0. The van der Waals surface area contributed by atoms with Gasteiger partial charge in [0.15, 0.2) is 11.5 Å². The van der Waals surface area contributed by atoms with E-state index in [4.69, 9.17) is 14.2 Å². The molecule has 42 heavy (non-hydrogen) atoms. The summed E-state index contributed by atoms with van der Waals surface area (Å²) < 4.78 is 29.4. The third-order valence-corrected chi connectivity index (χ3v) is 5.76. The Kier molecular flexibility index (Phi) is 9.76. The maximum Gasteiger partial charge on any atom is 0.343 e. The van der Waals surface area contributed by atoms with E-state index in [9.17, 15) is 18.8 Å².